The molecule has 0 spiro atoms. The molecule has 0 fully saturated rings. The molecule has 0 heterocycles. The summed E-state index contributed by atoms with van der Waals surface area (Å²) in [5, 5.41) is 11.9. The van der Waals surface area contributed by atoms with Gasteiger partial charge in [0, 0.05) is 19.1 Å². The van der Waals surface area contributed by atoms with Crippen molar-refractivity contribution in [3.63, 3.8) is 0 Å². The van der Waals surface area contributed by atoms with Gasteiger partial charge in [-0.2, -0.15) is 0 Å². The Morgan fingerprint density at radius 2 is 1.95 bits per heavy atom. The van der Waals surface area contributed by atoms with Gasteiger partial charge in [0.05, 0.1) is 5.56 Å². The standard InChI is InChI=1S/C18H20FNO2/c1-13-7-8-17(19)16(11-13)18(22)20-12-15(9-10-21)14-5-3-2-4-6-14/h2-8,11,15,21H,9-10,12H2,1H3,(H,20,22). The lowest BCUT2D eigenvalue weighted by atomic mass is 9.96. The second-order valence-electron chi connectivity index (χ2n) is 5.31. The van der Waals surface area contributed by atoms with Crippen LogP contribution in [-0.4, -0.2) is 24.2 Å². The highest BCUT2D eigenvalue weighted by atomic mass is 19.1. The van der Waals surface area contributed by atoms with E-state index < -0.39 is 11.7 Å². The lowest BCUT2D eigenvalue weighted by Gasteiger charge is -2.17. The molecule has 0 saturated heterocycles. The third-order valence-corrected chi connectivity index (χ3v) is 3.62. The molecule has 0 radical (unpaired) electrons. The number of hydrogen-bond acceptors (Lipinski definition) is 2. The monoisotopic (exact) mass is 301 g/mol. The van der Waals surface area contributed by atoms with Crippen LogP contribution < -0.4 is 5.32 Å². The third-order valence-electron chi connectivity index (χ3n) is 3.62. The predicted octanol–water partition coefficient (Wildman–Crippen LogP) is 3.03. The van der Waals surface area contributed by atoms with Gasteiger partial charge in [0.2, 0.25) is 0 Å². The van der Waals surface area contributed by atoms with E-state index in [-0.39, 0.29) is 18.1 Å². The summed E-state index contributed by atoms with van der Waals surface area (Å²) in [6.07, 6.45) is 0.542. The fourth-order valence-electron chi connectivity index (χ4n) is 2.39. The van der Waals surface area contributed by atoms with Crippen molar-refractivity contribution < 1.29 is 14.3 Å². The number of rotatable bonds is 6. The minimum absolute atomic E-state index is 0.00280. The molecule has 4 heteroatoms. The summed E-state index contributed by atoms with van der Waals surface area (Å²) in [6.45, 7) is 2.21. The van der Waals surface area contributed by atoms with Crippen LogP contribution in [0.25, 0.3) is 0 Å². The van der Waals surface area contributed by atoms with Crippen molar-refractivity contribution in [2.24, 2.45) is 0 Å². The van der Waals surface area contributed by atoms with E-state index in [1.165, 1.54) is 12.1 Å². The summed E-state index contributed by atoms with van der Waals surface area (Å²) in [6, 6.07) is 14.1. The van der Waals surface area contributed by atoms with E-state index in [1.807, 2.05) is 37.3 Å². The molecule has 1 amide bonds. The number of aliphatic hydroxyl groups is 1. The van der Waals surface area contributed by atoms with Crippen LogP contribution in [0.3, 0.4) is 0 Å². The Hall–Kier alpha value is -2.20. The van der Waals surface area contributed by atoms with Crippen molar-refractivity contribution >= 4 is 5.91 Å². The molecule has 2 rings (SSSR count). The number of benzene rings is 2. The summed E-state index contributed by atoms with van der Waals surface area (Å²) in [7, 11) is 0. The number of carbonyl (C=O) groups is 1. The van der Waals surface area contributed by atoms with Crippen LogP contribution in [0.2, 0.25) is 0 Å². The van der Waals surface area contributed by atoms with Crippen LogP contribution in [-0.2, 0) is 0 Å². The molecular weight excluding hydrogens is 281 g/mol. The smallest absolute Gasteiger partial charge is 0.254 e. The zero-order chi connectivity index (χ0) is 15.9. The number of aliphatic hydroxyl groups excluding tert-OH is 1. The van der Waals surface area contributed by atoms with Gasteiger partial charge in [0.1, 0.15) is 5.82 Å². The Labute approximate surface area is 129 Å². The summed E-state index contributed by atoms with van der Waals surface area (Å²) >= 11 is 0. The lowest BCUT2D eigenvalue weighted by Crippen LogP contribution is -2.29. The van der Waals surface area contributed by atoms with E-state index in [0.29, 0.717) is 13.0 Å². The molecule has 0 bridgehead atoms. The number of aryl methyl sites for hydroxylation is 1. The van der Waals surface area contributed by atoms with Crippen LogP contribution in [0, 0.1) is 12.7 Å². The van der Waals surface area contributed by atoms with Gasteiger partial charge in [-0.05, 0) is 31.0 Å². The van der Waals surface area contributed by atoms with Gasteiger partial charge < -0.3 is 10.4 Å². The normalized spacial score (nSPS) is 12.0. The Balaban J connectivity index is 2.06. The first-order valence-electron chi connectivity index (χ1n) is 7.32. The number of carbonyl (C=O) groups excluding carboxylic acids is 1. The van der Waals surface area contributed by atoms with E-state index in [4.69, 9.17) is 0 Å². The molecule has 0 saturated carbocycles. The molecule has 2 aromatic rings. The Kier molecular flexibility index (Phi) is 5.67. The third kappa shape index (κ3) is 4.15. The maximum Gasteiger partial charge on any atom is 0.254 e. The number of nitrogens with one attached hydrogen (secondary N) is 1. The van der Waals surface area contributed by atoms with Crippen molar-refractivity contribution in [3.8, 4) is 0 Å². The topological polar surface area (TPSA) is 49.3 Å². The quantitative estimate of drug-likeness (QED) is 0.861. The fraction of sp³-hybridized carbons (Fsp3) is 0.278. The molecule has 0 aromatic heterocycles. The Morgan fingerprint density at radius 3 is 2.64 bits per heavy atom. The molecule has 2 aromatic carbocycles. The number of halogens is 1. The summed E-state index contributed by atoms with van der Waals surface area (Å²) < 4.78 is 13.7. The fourth-order valence-corrected chi connectivity index (χ4v) is 2.39. The van der Waals surface area contributed by atoms with Crippen molar-refractivity contribution in [1.29, 1.82) is 0 Å². The maximum absolute atomic E-state index is 13.7. The average Bonchev–Trinajstić information content (AvgIpc) is 2.54. The summed E-state index contributed by atoms with van der Waals surface area (Å²) in [5.74, 6) is -0.954. The molecule has 0 aliphatic carbocycles. The highest BCUT2D eigenvalue weighted by Crippen LogP contribution is 2.18. The van der Waals surface area contributed by atoms with Crippen molar-refractivity contribution in [1.82, 2.24) is 5.32 Å². The average molecular weight is 301 g/mol. The first-order chi connectivity index (χ1) is 10.6. The SMILES string of the molecule is Cc1ccc(F)c(C(=O)NCC(CCO)c2ccccc2)c1. The Bertz CT molecular complexity index is 628. The highest BCUT2D eigenvalue weighted by Gasteiger charge is 2.15. The molecule has 0 aliphatic rings. The van der Waals surface area contributed by atoms with Crippen molar-refractivity contribution in [2.45, 2.75) is 19.3 Å². The second kappa shape index (κ2) is 7.71. The largest absolute Gasteiger partial charge is 0.396 e. The van der Waals surface area contributed by atoms with E-state index >= 15 is 0 Å². The molecular formula is C18H20FNO2. The van der Waals surface area contributed by atoms with Crippen LogP contribution in [0.4, 0.5) is 4.39 Å². The summed E-state index contributed by atoms with van der Waals surface area (Å²) in [5.41, 5.74) is 1.93. The Morgan fingerprint density at radius 1 is 1.23 bits per heavy atom. The molecule has 22 heavy (non-hydrogen) atoms. The zero-order valence-electron chi connectivity index (χ0n) is 12.6. The summed E-state index contributed by atoms with van der Waals surface area (Å²) in [4.78, 5) is 12.1. The predicted molar refractivity (Wildman–Crippen MR) is 84.4 cm³/mol. The first-order valence-corrected chi connectivity index (χ1v) is 7.32. The number of amides is 1. The minimum Gasteiger partial charge on any atom is -0.396 e. The second-order valence-corrected chi connectivity index (χ2v) is 5.31. The number of hydrogen-bond donors (Lipinski definition) is 2. The first kappa shape index (κ1) is 16.2. The van der Waals surface area contributed by atoms with Crippen LogP contribution in [0.1, 0.15) is 33.8 Å². The molecule has 0 aliphatic heterocycles. The van der Waals surface area contributed by atoms with E-state index in [2.05, 4.69) is 5.32 Å². The van der Waals surface area contributed by atoms with Gasteiger partial charge >= 0.3 is 0 Å². The van der Waals surface area contributed by atoms with Gasteiger partial charge in [-0.15, -0.1) is 0 Å². The van der Waals surface area contributed by atoms with Gasteiger partial charge in [-0.25, -0.2) is 4.39 Å². The van der Waals surface area contributed by atoms with Crippen LogP contribution in [0.15, 0.2) is 48.5 Å². The molecule has 1 unspecified atom stereocenters. The molecule has 3 nitrogen and oxygen atoms in total. The van der Waals surface area contributed by atoms with E-state index in [1.54, 1.807) is 6.07 Å². The lowest BCUT2D eigenvalue weighted by molar-refractivity contribution is 0.0945. The van der Waals surface area contributed by atoms with Gasteiger partial charge in [0.25, 0.3) is 5.91 Å². The highest BCUT2D eigenvalue weighted by molar-refractivity contribution is 5.94. The van der Waals surface area contributed by atoms with Gasteiger partial charge in [-0.3, -0.25) is 4.79 Å². The van der Waals surface area contributed by atoms with Crippen molar-refractivity contribution in [3.05, 3.63) is 71.0 Å². The van der Waals surface area contributed by atoms with Gasteiger partial charge in [0.15, 0.2) is 0 Å². The maximum atomic E-state index is 13.7. The van der Waals surface area contributed by atoms with Crippen LogP contribution in [0.5, 0.6) is 0 Å². The minimum atomic E-state index is -0.526. The molecule has 1 atom stereocenters. The van der Waals surface area contributed by atoms with Crippen LogP contribution >= 0.6 is 0 Å². The van der Waals surface area contributed by atoms with Gasteiger partial charge in [-0.1, -0.05) is 42.0 Å². The molecule has 116 valence electrons. The zero-order valence-corrected chi connectivity index (χ0v) is 12.6. The van der Waals surface area contributed by atoms with E-state index in [9.17, 15) is 14.3 Å². The molecule has 2 N–H and O–H groups in total. The van der Waals surface area contributed by atoms with Crippen molar-refractivity contribution in [2.75, 3.05) is 13.2 Å². The van der Waals surface area contributed by atoms with E-state index in [0.717, 1.165) is 11.1 Å².